The zero-order valence-electron chi connectivity index (χ0n) is 15.5. The number of carbonyl (C=O) groups is 2. The second-order valence-corrected chi connectivity index (χ2v) is 6.32. The van der Waals surface area contributed by atoms with Crippen LogP contribution in [-0.2, 0) is 4.79 Å². The first-order chi connectivity index (χ1) is 13.0. The maximum atomic E-state index is 13.6. The average molecular weight is 372 g/mol. The summed E-state index contributed by atoms with van der Waals surface area (Å²) in [7, 11) is 0. The van der Waals surface area contributed by atoms with Gasteiger partial charge in [-0.15, -0.1) is 0 Å². The van der Waals surface area contributed by atoms with Crippen LogP contribution in [0, 0.1) is 5.82 Å². The maximum Gasteiger partial charge on any atom is 0.335 e. The molecular formula is C21H25FN2O3. The van der Waals surface area contributed by atoms with Crippen molar-refractivity contribution in [3.05, 3.63) is 71.0 Å². The zero-order chi connectivity index (χ0) is 19.8. The van der Waals surface area contributed by atoms with E-state index in [1.54, 1.807) is 24.3 Å². The number of hydrogen-bond donors (Lipinski definition) is 3. The summed E-state index contributed by atoms with van der Waals surface area (Å²) in [6.45, 7) is 4.45. The Kier molecular flexibility index (Phi) is 7.49. The van der Waals surface area contributed by atoms with E-state index < -0.39 is 17.8 Å². The lowest BCUT2D eigenvalue weighted by Crippen LogP contribution is -2.39. The van der Waals surface area contributed by atoms with Gasteiger partial charge in [-0.25, -0.2) is 9.18 Å². The van der Waals surface area contributed by atoms with Crippen LogP contribution in [0.4, 0.5) is 4.39 Å². The van der Waals surface area contributed by atoms with Gasteiger partial charge in [0.15, 0.2) is 0 Å². The summed E-state index contributed by atoms with van der Waals surface area (Å²) in [5, 5.41) is 15.1. The first-order valence-electron chi connectivity index (χ1n) is 9.08. The third-order valence-electron chi connectivity index (χ3n) is 4.31. The summed E-state index contributed by atoms with van der Waals surface area (Å²) in [5.41, 5.74) is 1.60. The summed E-state index contributed by atoms with van der Waals surface area (Å²) in [6.07, 6.45) is 1.55. The lowest BCUT2D eigenvalue weighted by Gasteiger charge is -2.24. The first-order valence-corrected chi connectivity index (χ1v) is 9.08. The van der Waals surface area contributed by atoms with Crippen molar-refractivity contribution in [3.63, 3.8) is 0 Å². The monoisotopic (exact) mass is 372 g/mol. The number of rotatable bonds is 9. The Balaban J connectivity index is 2.21. The Bertz CT molecular complexity index is 777. The van der Waals surface area contributed by atoms with Gasteiger partial charge in [0.25, 0.3) is 0 Å². The van der Waals surface area contributed by atoms with Crippen LogP contribution in [0.15, 0.2) is 48.5 Å². The van der Waals surface area contributed by atoms with E-state index in [9.17, 15) is 14.0 Å². The van der Waals surface area contributed by atoms with Gasteiger partial charge in [-0.05, 0) is 48.4 Å². The Morgan fingerprint density at radius 1 is 1.07 bits per heavy atom. The molecule has 0 spiro atoms. The lowest BCUT2D eigenvalue weighted by atomic mass is 9.99. The van der Waals surface area contributed by atoms with Crippen LogP contribution in [0.25, 0.3) is 0 Å². The van der Waals surface area contributed by atoms with E-state index in [4.69, 9.17) is 5.11 Å². The largest absolute Gasteiger partial charge is 0.478 e. The Morgan fingerprint density at radius 2 is 1.78 bits per heavy atom. The fraction of sp³-hybridized carbons (Fsp3) is 0.333. The van der Waals surface area contributed by atoms with E-state index in [-0.39, 0.29) is 17.5 Å². The van der Waals surface area contributed by atoms with Crippen LogP contribution < -0.4 is 10.6 Å². The topological polar surface area (TPSA) is 78.4 Å². The van der Waals surface area contributed by atoms with Gasteiger partial charge in [0.1, 0.15) is 11.9 Å². The Labute approximate surface area is 158 Å². The molecule has 1 unspecified atom stereocenters. The molecule has 0 radical (unpaired) electrons. The molecule has 3 N–H and O–H groups in total. The quantitative estimate of drug-likeness (QED) is 0.625. The third-order valence-corrected chi connectivity index (χ3v) is 4.31. The zero-order valence-corrected chi connectivity index (χ0v) is 15.5. The molecule has 2 atom stereocenters. The molecule has 27 heavy (non-hydrogen) atoms. The smallest absolute Gasteiger partial charge is 0.335 e. The van der Waals surface area contributed by atoms with Crippen LogP contribution in [-0.4, -0.2) is 23.5 Å². The highest BCUT2D eigenvalue weighted by atomic mass is 19.1. The first kappa shape index (κ1) is 20.6. The molecule has 144 valence electrons. The minimum Gasteiger partial charge on any atom is -0.478 e. The van der Waals surface area contributed by atoms with E-state index in [1.165, 1.54) is 24.3 Å². The second-order valence-electron chi connectivity index (χ2n) is 6.32. The van der Waals surface area contributed by atoms with Crippen molar-refractivity contribution in [2.24, 2.45) is 0 Å². The predicted octanol–water partition coefficient (Wildman–Crippen LogP) is 3.83. The molecule has 0 aliphatic rings. The van der Waals surface area contributed by atoms with Gasteiger partial charge >= 0.3 is 5.97 Å². The third kappa shape index (κ3) is 5.62. The van der Waals surface area contributed by atoms with Gasteiger partial charge < -0.3 is 15.7 Å². The molecule has 0 aromatic heterocycles. The molecule has 0 bridgehead atoms. The highest BCUT2D eigenvalue weighted by molar-refractivity contribution is 5.87. The van der Waals surface area contributed by atoms with E-state index in [2.05, 4.69) is 10.6 Å². The molecule has 0 saturated carbocycles. The van der Waals surface area contributed by atoms with Crippen molar-refractivity contribution < 1.29 is 19.1 Å². The van der Waals surface area contributed by atoms with Crippen molar-refractivity contribution >= 4 is 11.9 Å². The summed E-state index contributed by atoms with van der Waals surface area (Å²) in [5.74, 6) is -1.63. The fourth-order valence-corrected chi connectivity index (χ4v) is 2.98. The number of carboxylic acid groups (broad SMARTS) is 1. The fourth-order valence-electron chi connectivity index (χ4n) is 2.98. The molecule has 2 aromatic carbocycles. The number of halogens is 1. The summed E-state index contributed by atoms with van der Waals surface area (Å²) < 4.78 is 13.6. The molecule has 2 rings (SSSR count). The number of nitrogens with one attached hydrogen (secondary N) is 2. The molecule has 0 saturated heterocycles. The Morgan fingerprint density at radius 3 is 2.33 bits per heavy atom. The van der Waals surface area contributed by atoms with Gasteiger partial charge in [0, 0.05) is 0 Å². The van der Waals surface area contributed by atoms with Crippen LogP contribution >= 0.6 is 0 Å². The van der Waals surface area contributed by atoms with Gasteiger partial charge in [0.2, 0.25) is 5.91 Å². The molecule has 2 aromatic rings. The van der Waals surface area contributed by atoms with Crippen LogP contribution in [0.2, 0.25) is 0 Å². The molecule has 1 amide bonds. The molecular weight excluding hydrogens is 347 g/mol. The second kappa shape index (κ2) is 9.83. The SMILES string of the molecule is CCC[C@@H](NC(=O)C(NCC)c1cccc(F)c1)c1ccc(C(=O)O)cc1. The van der Waals surface area contributed by atoms with Crippen molar-refractivity contribution in [2.45, 2.75) is 38.8 Å². The van der Waals surface area contributed by atoms with Crippen LogP contribution in [0.5, 0.6) is 0 Å². The number of carbonyl (C=O) groups excluding carboxylic acids is 1. The van der Waals surface area contributed by atoms with E-state index in [1.807, 2.05) is 13.8 Å². The van der Waals surface area contributed by atoms with Gasteiger partial charge in [-0.2, -0.15) is 0 Å². The Hall–Kier alpha value is -2.73. The van der Waals surface area contributed by atoms with Gasteiger partial charge in [-0.3, -0.25) is 4.79 Å². The molecule has 0 fully saturated rings. The molecule has 0 heterocycles. The minimum absolute atomic E-state index is 0.200. The number of carboxylic acids is 1. The highest BCUT2D eigenvalue weighted by Gasteiger charge is 2.23. The number of amides is 1. The average Bonchev–Trinajstić information content (AvgIpc) is 2.65. The summed E-state index contributed by atoms with van der Waals surface area (Å²) in [4.78, 5) is 23.9. The molecule has 0 aliphatic heterocycles. The molecule has 6 heteroatoms. The number of likely N-dealkylation sites (N-methyl/N-ethyl adjacent to an activating group) is 1. The highest BCUT2D eigenvalue weighted by Crippen LogP contribution is 2.22. The van der Waals surface area contributed by atoms with E-state index in [0.717, 1.165) is 12.0 Å². The van der Waals surface area contributed by atoms with Crippen LogP contribution in [0.3, 0.4) is 0 Å². The predicted molar refractivity (Wildman–Crippen MR) is 102 cm³/mol. The number of aromatic carboxylic acids is 1. The van der Waals surface area contributed by atoms with E-state index in [0.29, 0.717) is 18.5 Å². The van der Waals surface area contributed by atoms with Crippen LogP contribution in [0.1, 0.15) is 60.3 Å². The van der Waals surface area contributed by atoms with Gasteiger partial charge in [-0.1, -0.05) is 44.5 Å². The molecule has 5 nitrogen and oxygen atoms in total. The normalized spacial score (nSPS) is 13.0. The van der Waals surface area contributed by atoms with Crippen molar-refractivity contribution in [1.29, 1.82) is 0 Å². The molecule has 0 aliphatic carbocycles. The number of hydrogen-bond acceptors (Lipinski definition) is 3. The summed E-state index contributed by atoms with van der Waals surface area (Å²) >= 11 is 0. The van der Waals surface area contributed by atoms with Crippen molar-refractivity contribution in [3.8, 4) is 0 Å². The van der Waals surface area contributed by atoms with E-state index >= 15 is 0 Å². The lowest BCUT2D eigenvalue weighted by molar-refractivity contribution is -0.124. The van der Waals surface area contributed by atoms with Crippen molar-refractivity contribution in [2.75, 3.05) is 6.54 Å². The number of benzene rings is 2. The van der Waals surface area contributed by atoms with Crippen molar-refractivity contribution in [1.82, 2.24) is 10.6 Å². The standard InChI is InChI=1S/C21H25FN2O3/c1-3-6-18(14-9-11-15(12-10-14)21(26)27)24-20(25)19(23-4-2)16-7-5-8-17(22)13-16/h5,7-13,18-19,23H,3-4,6H2,1-2H3,(H,24,25)(H,26,27)/t18-,19?/m1/s1. The van der Waals surface area contributed by atoms with Gasteiger partial charge in [0.05, 0.1) is 11.6 Å². The minimum atomic E-state index is -0.990. The summed E-state index contributed by atoms with van der Waals surface area (Å²) in [6, 6.07) is 11.6. The maximum absolute atomic E-state index is 13.6.